The van der Waals surface area contributed by atoms with E-state index >= 15 is 0 Å². The highest BCUT2D eigenvalue weighted by Gasteiger charge is 2.46. The van der Waals surface area contributed by atoms with E-state index in [0.717, 1.165) is 0 Å². The lowest BCUT2D eigenvalue weighted by Gasteiger charge is -2.42. The third kappa shape index (κ3) is 3.91. The van der Waals surface area contributed by atoms with Crippen LogP contribution in [0.4, 0.5) is 0 Å². The summed E-state index contributed by atoms with van der Waals surface area (Å²) in [5.41, 5.74) is 5.14. The summed E-state index contributed by atoms with van der Waals surface area (Å²) in [5.74, 6) is -1.10. The summed E-state index contributed by atoms with van der Waals surface area (Å²) in [5, 5.41) is 53.2. The number of phenolic OH excluding ortho intramolecular Hbond substituents is 2. The van der Waals surface area contributed by atoms with Gasteiger partial charge in [0.2, 0.25) is 5.78 Å². The number of ketones is 1. The van der Waals surface area contributed by atoms with Gasteiger partial charge in [0.15, 0.2) is 6.29 Å². The number of carbonyl (C=O) groups excluding carboxylic acids is 1. The van der Waals surface area contributed by atoms with Crippen LogP contribution in [0.1, 0.15) is 77.4 Å². The number of hydrogen-bond donors (Lipinski definition) is 6. The molecule has 10 heteroatoms. The normalized spacial score (nSPS) is 30.9. The van der Waals surface area contributed by atoms with Gasteiger partial charge in [-0.05, 0) is 19.4 Å². The number of aromatic hydroxyl groups is 2. The van der Waals surface area contributed by atoms with E-state index in [2.05, 4.69) is 0 Å². The molecule has 0 radical (unpaired) electrons. The van der Waals surface area contributed by atoms with E-state index in [9.17, 15) is 25.2 Å². The highest BCUT2D eigenvalue weighted by atomic mass is 16.7. The monoisotopic (exact) mass is 512 g/mol. The van der Waals surface area contributed by atoms with Gasteiger partial charge in [0.1, 0.15) is 17.2 Å². The molecule has 2 aromatic rings. The number of nitrogens with two attached hydrogens (primary N) is 1. The smallest absolute Gasteiger partial charge is 0.202 e. The van der Waals surface area contributed by atoms with Gasteiger partial charge >= 0.3 is 0 Å². The van der Waals surface area contributed by atoms with Crippen LogP contribution in [0.25, 0.3) is 0 Å². The molecule has 1 fully saturated rings. The number of aliphatic hydroxyl groups excluding tert-OH is 1. The molecule has 6 atom stereocenters. The first kappa shape index (κ1) is 25.6. The lowest BCUT2D eigenvalue weighted by atomic mass is 9.72. The molecule has 0 unspecified atom stereocenters. The Morgan fingerprint density at radius 3 is 2.59 bits per heavy atom. The first-order valence-electron chi connectivity index (χ1n) is 12.4. The third-order valence-corrected chi connectivity index (χ3v) is 7.93. The lowest BCUT2D eigenvalue weighted by molar-refractivity contribution is -0.247. The van der Waals surface area contributed by atoms with Crippen LogP contribution in [0, 0.1) is 5.41 Å². The average molecular weight is 513 g/mol. The minimum absolute atomic E-state index is 0.00202. The van der Waals surface area contributed by atoms with E-state index in [1.54, 1.807) is 32.0 Å². The van der Waals surface area contributed by atoms with E-state index in [1.165, 1.54) is 7.11 Å². The van der Waals surface area contributed by atoms with Crippen molar-refractivity contribution in [3.05, 3.63) is 51.6 Å². The topological polar surface area (TPSA) is 176 Å². The molecular weight excluding hydrogens is 480 g/mol. The number of fused-ring (bicyclic) bond motifs is 3. The van der Waals surface area contributed by atoms with Crippen molar-refractivity contribution in [1.29, 1.82) is 5.41 Å². The first-order chi connectivity index (χ1) is 17.5. The number of rotatable bonds is 4. The zero-order chi connectivity index (χ0) is 26.8. The Morgan fingerprint density at radius 2 is 1.95 bits per heavy atom. The van der Waals surface area contributed by atoms with Crippen LogP contribution in [-0.2, 0) is 15.9 Å². The highest BCUT2D eigenvalue weighted by Crippen LogP contribution is 2.52. The molecule has 2 aromatic carbocycles. The van der Waals surface area contributed by atoms with Gasteiger partial charge < -0.3 is 40.4 Å². The number of hydrogen-bond acceptors (Lipinski definition) is 10. The van der Waals surface area contributed by atoms with Crippen molar-refractivity contribution >= 4 is 11.5 Å². The minimum atomic E-state index is -1.28. The molecular formula is C27H32N2O8. The maximum Gasteiger partial charge on any atom is 0.202 e. The average Bonchev–Trinajstić information content (AvgIpc) is 2.87. The van der Waals surface area contributed by atoms with Crippen LogP contribution in [0.2, 0.25) is 0 Å². The number of methoxy groups -OCH3 is 1. The van der Waals surface area contributed by atoms with Gasteiger partial charge in [-0.3, -0.25) is 10.2 Å². The van der Waals surface area contributed by atoms with Crippen LogP contribution < -0.4 is 10.5 Å². The maximum atomic E-state index is 13.7. The standard InChI is InChI=1S/C27H32N2O8/c1-4-27(34)9-13-19(16(10-27)37-17-8-14(28)23(30)11(2)36-17)26(33)21-20(24(13)31)22(29)12-6-5-7-15(35-3)18(12)25(21)32/h5-7,11,14,16-17,23,29-31,33-34H,4,8-10,28H2,1-3H3/t11-,14-,16-,17-,23+,27-/m0/s1. The predicted molar refractivity (Wildman–Crippen MR) is 132 cm³/mol. The first-order valence-corrected chi connectivity index (χ1v) is 12.4. The van der Waals surface area contributed by atoms with Crippen molar-refractivity contribution in [2.24, 2.45) is 5.73 Å². The molecule has 5 rings (SSSR count). The van der Waals surface area contributed by atoms with Crippen molar-refractivity contribution < 1.29 is 39.4 Å². The Labute approximate surface area is 214 Å². The molecule has 0 bridgehead atoms. The molecule has 0 amide bonds. The van der Waals surface area contributed by atoms with E-state index in [0.29, 0.717) is 6.42 Å². The van der Waals surface area contributed by atoms with Crippen LogP contribution in [-0.4, -0.2) is 69.2 Å². The molecule has 1 heterocycles. The van der Waals surface area contributed by atoms with Gasteiger partial charge in [-0.1, -0.05) is 19.1 Å². The van der Waals surface area contributed by atoms with Crippen LogP contribution in [0.5, 0.6) is 17.2 Å². The fraction of sp³-hybridized carbons (Fsp3) is 0.481. The molecule has 2 aliphatic carbocycles. The summed E-state index contributed by atoms with van der Waals surface area (Å²) in [6.45, 7) is 3.48. The van der Waals surface area contributed by atoms with Crippen molar-refractivity contribution in [3.63, 3.8) is 0 Å². The molecule has 10 nitrogen and oxygen atoms in total. The van der Waals surface area contributed by atoms with Gasteiger partial charge in [-0.25, -0.2) is 0 Å². The number of aliphatic hydroxyl groups is 2. The maximum absolute atomic E-state index is 13.7. The Bertz CT molecular complexity index is 1280. The molecule has 7 N–H and O–H groups in total. The second-order valence-electron chi connectivity index (χ2n) is 10.2. The van der Waals surface area contributed by atoms with Gasteiger partial charge in [0.05, 0.1) is 53.4 Å². The van der Waals surface area contributed by atoms with Crippen LogP contribution >= 0.6 is 0 Å². The number of ether oxygens (including phenoxy) is 3. The SMILES string of the molecule is CC[C@]1(O)Cc2c(O)c3c(c(O)c2[C@@H](O[C@H]2C[C@H](N)[C@H](O)[C@H](C)O2)C1)C(=O)c1c(OC)cccc1C3=N. The van der Waals surface area contributed by atoms with Crippen molar-refractivity contribution in [2.45, 2.75) is 75.8 Å². The summed E-state index contributed by atoms with van der Waals surface area (Å²) >= 11 is 0. The van der Waals surface area contributed by atoms with E-state index in [1.807, 2.05) is 0 Å². The fourth-order valence-corrected chi connectivity index (χ4v) is 5.78. The van der Waals surface area contributed by atoms with Gasteiger partial charge in [-0.2, -0.15) is 0 Å². The quantitative estimate of drug-likeness (QED) is 0.286. The van der Waals surface area contributed by atoms with Crippen LogP contribution in [0.3, 0.4) is 0 Å². The Kier molecular flexibility index (Phi) is 6.28. The summed E-state index contributed by atoms with van der Waals surface area (Å²) in [6, 6.07) is 4.23. The fourth-order valence-electron chi connectivity index (χ4n) is 5.78. The summed E-state index contributed by atoms with van der Waals surface area (Å²) in [6.07, 6.45) is -2.69. The number of benzene rings is 2. The van der Waals surface area contributed by atoms with E-state index in [-0.39, 0.29) is 69.9 Å². The van der Waals surface area contributed by atoms with Crippen LogP contribution in [0.15, 0.2) is 18.2 Å². The van der Waals surface area contributed by atoms with Crippen molar-refractivity contribution in [1.82, 2.24) is 0 Å². The van der Waals surface area contributed by atoms with Crippen molar-refractivity contribution in [2.75, 3.05) is 7.11 Å². The molecule has 198 valence electrons. The van der Waals surface area contributed by atoms with E-state index < -0.39 is 47.8 Å². The molecule has 1 saturated heterocycles. The largest absolute Gasteiger partial charge is 0.507 e. The summed E-state index contributed by atoms with van der Waals surface area (Å²) in [7, 11) is 1.41. The Balaban J connectivity index is 1.66. The predicted octanol–water partition coefficient (Wildman–Crippen LogP) is 2.04. The molecule has 0 aromatic heterocycles. The molecule has 0 saturated carbocycles. The van der Waals surface area contributed by atoms with E-state index in [4.69, 9.17) is 25.4 Å². The molecule has 0 spiro atoms. The lowest BCUT2D eigenvalue weighted by Crippen LogP contribution is -2.52. The zero-order valence-corrected chi connectivity index (χ0v) is 20.9. The number of nitrogens with one attached hydrogen (secondary N) is 1. The second-order valence-corrected chi connectivity index (χ2v) is 10.2. The minimum Gasteiger partial charge on any atom is -0.507 e. The summed E-state index contributed by atoms with van der Waals surface area (Å²) in [4.78, 5) is 13.7. The second kappa shape index (κ2) is 9.07. The Morgan fingerprint density at radius 1 is 1.22 bits per heavy atom. The zero-order valence-electron chi connectivity index (χ0n) is 20.9. The van der Waals surface area contributed by atoms with Crippen molar-refractivity contribution in [3.8, 4) is 17.2 Å². The number of phenols is 2. The van der Waals surface area contributed by atoms with Gasteiger partial charge in [0.25, 0.3) is 0 Å². The summed E-state index contributed by atoms with van der Waals surface area (Å²) < 4.78 is 17.4. The highest BCUT2D eigenvalue weighted by molar-refractivity contribution is 6.32. The number of carbonyl (C=O) groups is 1. The molecule has 3 aliphatic rings. The molecule has 1 aliphatic heterocycles. The molecule has 37 heavy (non-hydrogen) atoms. The van der Waals surface area contributed by atoms with Gasteiger partial charge in [0, 0.05) is 42.0 Å². The third-order valence-electron chi connectivity index (χ3n) is 7.93. The van der Waals surface area contributed by atoms with Gasteiger partial charge in [-0.15, -0.1) is 0 Å². The Hall–Kier alpha value is -3.02.